The van der Waals surface area contributed by atoms with E-state index < -0.39 is 0 Å². The lowest BCUT2D eigenvalue weighted by atomic mass is 9.84. The summed E-state index contributed by atoms with van der Waals surface area (Å²) in [5, 5.41) is 6.27. The molecule has 0 aliphatic carbocycles. The largest absolute Gasteiger partial charge is 0.323 e. The van der Waals surface area contributed by atoms with Gasteiger partial charge in [0.05, 0.1) is 18.1 Å². The van der Waals surface area contributed by atoms with E-state index in [1.54, 1.807) is 12.4 Å². The molecule has 1 saturated heterocycles. The zero-order valence-corrected chi connectivity index (χ0v) is 15.4. The average Bonchev–Trinajstić information content (AvgIpc) is 2.47. The van der Waals surface area contributed by atoms with E-state index in [2.05, 4.69) is 48.3 Å². The van der Waals surface area contributed by atoms with Gasteiger partial charge < -0.3 is 10.6 Å². The predicted octanol–water partition coefficient (Wildman–Crippen LogP) is 3.16. The maximum Gasteiger partial charge on any atom is 0.224 e. The molecule has 1 aliphatic heterocycles. The van der Waals surface area contributed by atoms with Gasteiger partial charge in [0, 0.05) is 11.8 Å². The van der Waals surface area contributed by atoms with Crippen molar-refractivity contribution in [3.63, 3.8) is 0 Å². The number of aromatic nitrogens is 2. The molecule has 1 fully saturated rings. The number of halogens is 1. The van der Waals surface area contributed by atoms with E-state index in [0.29, 0.717) is 23.9 Å². The van der Waals surface area contributed by atoms with Crippen LogP contribution in [0.25, 0.3) is 0 Å². The van der Waals surface area contributed by atoms with Crippen LogP contribution in [0.3, 0.4) is 0 Å². The monoisotopic (exact) mass is 340 g/mol. The van der Waals surface area contributed by atoms with Gasteiger partial charge in [0.15, 0.2) is 0 Å². The van der Waals surface area contributed by atoms with E-state index in [-0.39, 0.29) is 23.7 Å². The van der Waals surface area contributed by atoms with Crippen molar-refractivity contribution in [3.05, 3.63) is 18.2 Å². The first-order chi connectivity index (χ1) is 10.4. The minimum atomic E-state index is -0.0773. The lowest BCUT2D eigenvalue weighted by Crippen LogP contribution is -2.32. The molecule has 1 atom stereocenters. The van der Waals surface area contributed by atoms with Gasteiger partial charge in [0.1, 0.15) is 5.82 Å². The van der Waals surface area contributed by atoms with E-state index in [0.717, 1.165) is 31.8 Å². The van der Waals surface area contributed by atoms with Crippen molar-refractivity contribution in [2.45, 2.75) is 52.4 Å². The van der Waals surface area contributed by atoms with Crippen LogP contribution in [0.1, 0.15) is 52.8 Å². The number of anilines is 1. The number of rotatable bonds is 4. The average molecular weight is 341 g/mol. The minimum Gasteiger partial charge on any atom is -0.323 e. The number of piperidine rings is 1. The van der Waals surface area contributed by atoms with Crippen LogP contribution in [0, 0.1) is 11.8 Å². The second kappa shape index (κ2) is 8.60. The molecule has 1 unspecified atom stereocenters. The van der Waals surface area contributed by atoms with Gasteiger partial charge in [-0.15, -0.1) is 12.4 Å². The molecule has 2 N–H and O–H groups in total. The molecular weight excluding hydrogens is 312 g/mol. The highest BCUT2D eigenvalue weighted by Crippen LogP contribution is 2.24. The van der Waals surface area contributed by atoms with E-state index in [1.807, 2.05) is 0 Å². The van der Waals surface area contributed by atoms with Gasteiger partial charge in [-0.3, -0.25) is 4.79 Å². The summed E-state index contributed by atoms with van der Waals surface area (Å²) in [4.78, 5) is 20.8. The van der Waals surface area contributed by atoms with Crippen LogP contribution >= 0.6 is 12.4 Å². The molecule has 1 aliphatic rings. The molecule has 0 saturated carbocycles. The maximum absolute atomic E-state index is 12.2. The molecule has 1 amide bonds. The highest BCUT2D eigenvalue weighted by Gasteiger charge is 2.22. The Labute approximate surface area is 145 Å². The molecule has 1 aromatic heterocycles. The zero-order chi connectivity index (χ0) is 16.2. The lowest BCUT2D eigenvalue weighted by Gasteiger charge is -2.27. The van der Waals surface area contributed by atoms with Gasteiger partial charge >= 0.3 is 0 Å². The standard InChI is InChI=1S/C17H28N4O.ClH/c1-12(13-5-7-18-8-6-13)9-15(22)21-14-10-19-16(20-11-14)17(2,3)4;/h10-13,18H,5-9H2,1-4H3,(H,21,22);1H. The number of nitrogens with zero attached hydrogens (tertiary/aromatic N) is 2. The van der Waals surface area contributed by atoms with Gasteiger partial charge in [-0.25, -0.2) is 9.97 Å². The Balaban J connectivity index is 0.00000264. The maximum atomic E-state index is 12.2. The highest BCUT2D eigenvalue weighted by molar-refractivity contribution is 5.90. The van der Waals surface area contributed by atoms with Crippen LogP contribution < -0.4 is 10.6 Å². The molecular formula is C17H29ClN4O. The van der Waals surface area contributed by atoms with E-state index in [9.17, 15) is 4.79 Å². The number of hydrogen-bond acceptors (Lipinski definition) is 4. The van der Waals surface area contributed by atoms with Crippen LogP contribution in [0.15, 0.2) is 12.4 Å². The normalized spacial score (nSPS) is 17.2. The van der Waals surface area contributed by atoms with Gasteiger partial charge in [-0.2, -0.15) is 0 Å². The third-order valence-corrected chi connectivity index (χ3v) is 4.30. The minimum absolute atomic E-state index is 0. The van der Waals surface area contributed by atoms with Crippen LogP contribution in [0.4, 0.5) is 5.69 Å². The van der Waals surface area contributed by atoms with Gasteiger partial charge in [0.2, 0.25) is 5.91 Å². The smallest absolute Gasteiger partial charge is 0.224 e. The zero-order valence-electron chi connectivity index (χ0n) is 14.6. The fraction of sp³-hybridized carbons (Fsp3) is 0.706. The Morgan fingerprint density at radius 3 is 2.39 bits per heavy atom. The summed E-state index contributed by atoms with van der Waals surface area (Å²) in [5.41, 5.74) is 0.599. The Hall–Kier alpha value is -1.20. The molecule has 0 spiro atoms. The van der Waals surface area contributed by atoms with E-state index >= 15 is 0 Å². The third-order valence-electron chi connectivity index (χ3n) is 4.30. The Morgan fingerprint density at radius 1 is 1.30 bits per heavy atom. The Morgan fingerprint density at radius 2 is 1.87 bits per heavy atom. The second-order valence-electron chi connectivity index (χ2n) is 7.36. The second-order valence-corrected chi connectivity index (χ2v) is 7.36. The Bertz CT molecular complexity index is 492. The van der Waals surface area contributed by atoms with Crippen molar-refractivity contribution in [1.82, 2.24) is 15.3 Å². The highest BCUT2D eigenvalue weighted by atomic mass is 35.5. The number of hydrogen-bond donors (Lipinski definition) is 2. The molecule has 130 valence electrons. The van der Waals surface area contributed by atoms with Crippen molar-refractivity contribution in [2.24, 2.45) is 11.8 Å². The topological polar surface area (TPSA) is 66.9 Å². The summed E-state index contributed by atoms with van der Waals surface area (Å²) >= 11 is 0. The molecule has 0 radical (unpaired) electrons. The van der Waals surface area contributed by atoms with Gasteiger partial charge in [-0.1, -0.05) is 27.7 Å². The third kappa shape index (κ3) is 6.07. The predicted molar refractivity (Wildman–Crippen MR) is 96.0 cm³/mol. The first-order valence-electron chi connectivity index (χ1n) is 8.19. The molecule has 23 heavy (non-hydrogen) atoms. The molecule has 6 heteroatoms. The van der Waals surface area contributed by atoms with Crippen LogP contribution in [-0.2, 0) is 10.2 Å². The summed E-state index contributed by atoms with van der Waals surface area (Å²) in [6.07, 6.45) is 6.28. The molecule has 2 heterocycles. The first kappa shape index (κ1) is 19.8. The Kier molecular flexibility index (Phi) is 7.42. The van der Waals surface area contributed by atoms with Crippen LogP contribution in [0.2, 0.25) is 0 Å². The van der Waals surface area contributed by atoms with E-state index in [4.69, 9.17) is 0 Å². The quantitative estimate of drug-likeness (QED) is 0.883. The molecule has 1 aromatic rings. The lowest BCUT2D eigenvalue weighted by molar-refractivity contribution is -0.117. The number of nitrogens with one attached hydrogen (secondary N) is 2. The van der Waals surface area contributed by atoms with Crippen LogP contribution in [0.5, 0.6) is 0 Å². The fourth-order valence-electron chi connectivity index (χ4n) is 2.86. The van der Waals surface area contributed by atoms with Crippen molar-refractivity contribution in [1.29, 1.82) is 0 Å². The SMILES string of the molecule is CC(CC(=O)Nc1cnc(C(C)(C)C)nc1)C1CCNCC1.Cl. The molecule has 5 nitrogen and oxygen atoms in total. The van der Waals surface area contributed by atoms with Gasteiger partial charge in [-0.05, 0) is 37.8 Å². The summed E-state index contributed by atoms with van der Waals surface area (Å²) < 4.78 is 0. The summed E-state index contributed by atoms with van der Waals surface area (Å²) in [7, 11) is 0. The number of amides is 1. The number of carbonyl (C=O) groups excluding carboxylic acids is 1. The van der Waals surface area contributed by atoms with Gasteiger partial charge in [0.25, 0.3) is 0 Å². The van der Waals surface area contributed by atoms with Crippen LogP contribution in [-0.4, -0.2) is 29.0 Å². The summed E-state index contributed by atoms with van der Waals surface area (Å²) in [6, 6.07) is 0. The summed E-state index contributed by atoms with van der Waals surface area (Å²) in [6.45, 7) is 10.5. The number of carbonyl (C=O) groups is 1. The van der Waals surface area contributed by atoms with E-state index in [1.165, 1.54) is 0 Å². The first-order valence-corrected chi connectivity index (χ1v) is 8.19. The van der Waals surface area contributed by atoms with Crippen molar-refractivity contribution in [3.8, 4) is 0 Å². The molecule has 0 aromatic carbocycles. The van der Waals surface area contributed by atoms with Crippen molar-refractivity contribution >= 4 is 24.0 Å². The summed E-state index contributed by atoms with van der Waals surface area (Å²) in [5.74, 6) is 1.90. The van der Waals surface area contributed by atoms with Crippen molar-refractivity contribution < 1.29 is 4.79 Å². The molecule has 0 bridgehead atoms. The fourth-order valence-corrected chi connectivity index (χ4v) is 2.86. The molecule has 2 rings (SSSR count). The van der Waals surface area contributed by atoms with Crippen molar-refractivity contribution in [2.75, 3.05) is 18.4 Å².